The van der Waals surface area contributed by atoms with E-state index in [1.165, 1.54) is 7.11 Å². The number of ether oxygens (including phenoxy) is 1. The molecule has 1 saturated carbocycles. The predicted molar refractivity (Wildman–Crippen MR) is 54.6 cm³/mol. The molecule has 0 bridgehead atoms. The van der Waals surface area contributed by atoms with Gasteiger partial charge < -0.3 is 15.6 Å². The zero-order valence-corrected chi connectivity index (χ0v) is 8.59. The minimum Gasteiger partial charge on any atom is -0.504 e. The third-order valence-corrected chi connectivity index (χ3v) is 3.08. The van der Waals surface area contributed by atoms with Crippen LogP contribution in [0.2, 0.25) is 0 Å². The molecule has 3 nitrogen and oxygen atoms in total. The largest absolute Gasteiger partial charge is 0.504 e. The number of hydrogen-bond acceptors (Lipinski definition) is 3. The molecule has 15 heavy (non-hydrogen) atoms. The molecule has 1 aliphatic rings. The van der Waals surface area contributed by atoms with E-state index in [-0.39, 0.29) is 11.2 Å². The Morgan fingerprint density at radius 3 is 2.67 bits per heavy atom. The Labute approximate surface area is 87.7 Å². The van der Waals surface area contributed by atoms with Gasteiger partial charge in [-0.25, -0.2) is 4.39 Å². The highest BCUT2D eigenvalue weighted by Crippen LogP contribution is 2.49. The number of benzene rings is 1. The van der Waals surface area contributed by atoms with Crippen LogP contribution < -0.4 is 10.5 Å². The van der Waals surface area contributed by atoms with Crippen LogP contribution >= 0.6 is 0 Å². The molecule has 0 heterocycles. The third kappa shape index (κ3) is 1.55. The first kappa shape index (κ1) is 10.2. The van der Waals surface area contributed by atoms with Gasteiger partial charge in [-0.2, -0.15) is 0 Å². The summed E-state index contributed by atoms with van der Waals surface area (Å²) in [6.07, 6.45) is 1.79. The average molecular weight is 211 g/mol. The molecule has 1 aliphatic carbocycles. The Bertz CT molecular complexity index is 388. The van der Waals surface area contributed by atoms with Crippen LogP contribution in [0, 0.1) is 5.82 Å². The molecule has 0 radical (unpaired) electrons. The van der Waals surface area contributed by atoms with Gasteiger partial charge in [0, 0.05) is 18.0 Å². The van der Waals surface area contributed by atoms with Crippen LogP contribution in [0.15, 0.2) is 12.1 Å². The maximum atomic E-state index is 13.6. The van der Waals surface area contributed by atoms with Crippen molar-refractivity contribution in [1.82, 2.24) is 0 Å². The van der Waals surface area contributed by atoms with Crippen molar-refractivity contribution in [2.24, 2.45) is 5.73 Å². The summed E-state index contributed by atoms with van der Waals surface area (Å²) in [4.78, 5) is 0. The molecule has 0 aliphatic heterocycles. The van der Waals surface area contributed by atoms with Gasteiger partial charge in [0.05, 0.1) is 7.11 Å². The van der Waals surface area contributed by atoms with E-state index in [9.17, 15) is 9.50 Å². The van der Waals surface area contributed by atoms with E-state index in [2.05, 4.69) is 0 Å². The Balaban J connectivity index is 2.47. The molecule has 0 unspecified atom stereocenters. The van der Waals surface area contributed by atoms with Crippen LogP contribution in [0.25, 0.3) is 0 Å². The maximum absolute atomic E-state index is 13.6. The van der Waals surface area contributed by atoms with Crippen molar-refractivity contribution >= 4 is 0 Å². The summed E-state index contributed by atoms with van der Waals surface area (Å²) in [6.45, 7) is 0.428. The molecular weight excluding hydrogens is 197 g/mol. The Hall–Kier alpha value is -1.29. The summed E-state index contributed by atoms with van der Waals surface area (Å²) in [7, 11) is 1.44. The molecule has 0 aromatic heterocycles. The number of halogens is 1. The summed E-state index contributed by atoms with van der Waals surface area (Å²) < 4.78 is 18.6. The van der Waals surface area contributed by atoms with E-state index in [0.717, 1.165) is 18.9 Å². The quantitative estimate of drug-likeness (QED) is 0.797. The van der Waals surface area contributed by atoms with Gasteiger partial charge in [-0.3, -0.25) is 0 Å². The summed E-state index contributed by atoms with van der Waals surface area (Å²) in [6, 6.07) is 2.63. The van der Waals surface area contributed by atoms with Crippen molar-refractivity contribution < 1.29 is 14.2 Å². The van der Waals surface area contributed by atoms with Crippen LogP contribution in [-0.4, -0.2) is 18.8 Å². The molecular formula is C11H14FNO2. The number of aromatic hydroxyl groups is 1. The fourth-order valence-corrected chi connectivity index (χ4v) is 1.85. The van der Waals surface area contributed by atoms with Gasteiger partial charge in [-0.05, 0) is 24.5 Å². The summed E-state index contributed by atoms with van der Waals surface area (Å²) in [5.74, 6) is -0.283. The lowest BCUT2D eigenvalue weighted by molar-refractivity contribution is 0.369. The van der Waals surface area contributed by atoms with Gasteiger partial charge in [0.25, 0.3) is 0 Å². The van der Waals surface area contributed by atoms with Crippen molar-refractivity contribution in [3.05, 3.63) is 23.5 Å². The number of phenols is 1. The van der Waals surface area contributed by atoms with Crippen LogP contribution in [0.5, 0.6) is 11.5 Å². The smallest absolute Gasteiger partial charge is 0.160 e. The lowest BCUT2D eigenvalue weighted by Crippen LogP contribution is -2.21. The second-order valence-electron chi connectivity index (χ2n) is 3.99. The van der Waals surface area contributed by atoms with Crippen molar-refractivity contribution in [2.45, 2.75) is 18.3 Å². The van der Waals surface area contributed by atoms with Gasteiger partial charge in [-0.15, -0.1) is 0 Å². The van der Waals surface area contributed by atoms with Gasteiger partial charge in [0.15, 0.2) is 11.5 Å². The summed E-state index contributed by atoms with van der Waals surface area (Å²) in [5.41, 5.74) is 5.95. The minimum atomic E-state index is -0.406. The third-order valence-electron chi connectivity index (χ3n) is 3.08. The summed E-state index contributed by atoms with van der Waals surface area (Å²) >= 11 is 0. The fraction of sp³-hybridized carbons (Fsp3) is 0.455. The lowest BCUT2D eigenvalue weighted by Gasteiger charge is -2.15. The topological polar surface area (TPSA) is 55.5 Å². The fourth-order valence-electron chi connectivity index (χ4n) is 1.85. The number of nitrogens with two attached hydrogens (primary N) is 1. The van der Waals surface area contributed by atoms with E-state index in [1.54, 1.807) is 6.07 Å². The van der Waals surface area contributed by atoms with Gasteiger partial charge in [0.1, 0.15) is 5.82 Å². The number of hydrogen-bond donors (Lipinski definition) is 2. The molecule has 82 valence electrons. The maximum Gasteiger partial charge on any atom is 0.160 e. The van der Waals surface area contributed by atoms with Crippen LogP contribution in [0.3, 0.4) is 0 Å². The molecule has 2 rings (SSSR count). The van der Waals surface area contributed by atoms with Gasteiger partial charge in [0.2, 0.25) is 0 Å². The van der Waals surface area contributed by atoms with E-state index < -0.39 is 5.82 Å². The average Bonchev–Trinajstić information content (AvgIpc) is 2.99. The van der Waals surface area contributed by atoms with E-state index in [4.69, 9.17) is 10.5 Å². The van der Waals surface area contributed by atoms with Gasteiger partial charge >= 0.3 is 0 Å². The van der Waals surface area contributed by atoms with E-state index >= 15 is 0 Å². The first-order chi connectivity index (χ1) is 7.13. The number of phenolic OH excluding ortho intramolecular Hbond substituents is 1. The summed E-state index contributed by atoms with van der Waals surface area (Å²) in [5, 5.41) is 9.38. The predicted octanol–water partition coefficient (Wildman–Crippen LogP) is 1.53. The van der Waals surface area contributed by atoms with Crippen molar-refractivity contribution in [2.75, 3.05) is 13.7 Å². The second kappa shape index (κ2) is 3.38. The van der Waals surface area contributed by atoms with E-state index in [0.29, 0.717) is 17.9 Å². The second-order valence-corrected chi connectivity index (χ2v) is 3.99. The zero-order chi connectivity index (χ0) is 11.1. The molecule has 0 atom stereocenters. The first-order valence-electron chi connectivity index (χ1n) is 4.90. The zero-order valence-electron chi connectivity index (χ0n) is 8.59. The highest BCUT2D eigenvalue weighted by Gasteiger charge is 2.45. The highest BCUT2D eigenvalue weighted by molar-refractivity contribution is 5.47. The SMILES string of the molecule is COc1cc(C2(CN)CC2)c(F)cc1O. The van der Waals surface area contributed by atoms with Crippen LogP contribution in [0.4, 0.5) is 4.39 Å². The molecule has 0 spiro atoms. The van der Waals surface area contributed by atoms with Crippen molar-refractivity contribution in [3.63, 3.8) is 0 Å². The van der Waals surface area contributed by atoms with Crippen molar-refractivity contribution in [3.8, 4) is 11.5 Å². The van der Waals surface area contributed by atoms with Crippen molar-refractivity contribution in [1.29, 1.82) is 0 Å². The Kier molecular flexibility index (Phi) is 2.31. The molecule has 1 aromatic rings. The Morgan fingerprint density at radius 1 is 1.53 bits per heavy atom. The van der Waals surface area contributed by atoms with E-state index in [1.807, 2.05) is 0 Å². The standard InChI is InChI=1S/C11H14FNO2/c1-15-10-4-7(8(12)5-9(10)14)11(6-13)2-3-11/h4-5,14H,2-3,6,13H2,1H3. The number of methoxy groups -OCH3 is 1. The molecule has 3 N–H and O–H groups in total. The molecule has 0 amide bonds. The number of rotatable bonds is 3. The molecule has 1 aromatic carbocycles. The molecule has 1 fully saturated rings. The van der Waals surface area contributed by atoms with Crippen LogP contribution in [-0.2, 0) is 5.41 Å². The van der Waals surface area contributed by atoms with Crippen LogP contribution in [0.1, 0.15) is 18.4 Å². The monoisotopic (exact) mass is 211 g/mol. The minimum absolute atomic E-state index is 0.174. The first-order valence-corrected chi connectivity index (χ1v) is 4.90. The highest BCUT2D eigenvalue weighted by atomic mass is 19.1. The normalized spacial score (nSPS) is 17.5. The Morgan fingerprint density at radius 2 is 2.20 bits per heavy atom. The molecule has 0 saturated heterocycles. The molecule has 4 heteroatoms. The van der Waals surface area contributed by atoms with Gasteiger partial charge in [-0.1, -0.05) is 0 Å². The lowest BCUT2D eigenvalue weighted by atomic mass is 9.95.